The second-order valence-electron chi connectivity index (χ2n) is 2.76. The molecule has 8 heteroatoms. The number of halogens is 1. The topological polar surface area (TPSA) is 153 Å². The summed E-state index contributed by atoms with van der Waals surface area (Å²) < 4.78 is 0.587. The monoisotopic (exact) mass is 359 g/mol. The van der Waals surface area contributed by atoms with Gasteiger partial charge in [-0.3, -0.25) is 0 Å². The van der Waals surface area contributed by atoms with E-state index in [4.69, 9.17) is 32.0 Å². The van der Waals surface area contributed by atoms with Crippen molar-refractivity contribution in [3.8, 4) is 12.3 Å². The van der Waals surface area contributed by atoms with Crippen LogP contribution in [0.3, 0.4) is 0 Å². The standard InChI is InChI=1S/C7H12IN.2CH3NO2/c1-3-4-7(5-9)6(2)8;2*2-1(3)4/h1,6-7H,4-5,9H2,2H3;2*2H2,(H,3,4). The molecular weight excluding hydrogens is 341 g/mol. The Hall–Kier alpha value is -1.21. The first-order chi connectivity index (χ1) is 7.68. The fourth-order valence-corrected chi connectivity index (χ4v) is 1.13. The Balaban J connectivity index is -0.000000205. The zero-order chi connectivity index (χ0) is 14.4. The van der Waals surface area contributed by atoms with E-state index >= 15 is 0 Å². The number of primary amides is 2. The van der Waals surface area contributed by atoms with Crippen molar-refractivity contribution in [3.63, 3.8) is 0 Å². The van der Waals surface area contributed by atoms with E-state index < -0.39 is 12.2 Å². The van der Waals surface area contributed by atoms with Crippen LogP contribution in [0.25, 0.3) is 0 Å². The van der Waals surface area contributed by atoms with Crippen LogP contribution in [0.2, 0.25) is 0 Å². The van der Waals surface area contributed by atoms with Gasteiger partial charge < -0.3 is 27.4 Å². The molecule has 0 radical (unpaired) electrons. The van der Waals surface area contributed by atoms with Gasteiger partial charge >= 0.3 is 12.2 Å². The molecule has 0 aromatic rings. The maximum absolute atomic E-state index is 8.78. The minimum atomic E-state index is -1.33. The van der Waals surface area contributed by atoms with Crippen LogP contribution in [0, 0.1) is 18.3 Å². The summed E-state index contributed by atoms with van der Waals surface area (Å²) >= 11 is 2.35. The number of alkyl halides is 1. The van der Waals surface area contributed by atoms with Crippen LogP contribution in [-0.4, -0.2) is 32.9 Å². The van der Waals surface area contributed by atoms with Crippen molar-refractivity contribution in [3.05, 3.63) is 0 Å². The highest BCUT2D eigenvalue weighted by atomic mass is 127. The molecule has 2 atom stereocenters. The summed E-state index contributed by atoms with van der Waals surface area (Å²) in [6.07, 6.45) is 3.27. The summed E-state index contributed by atoms with van der Waals surface area (Å²) in [6.45, 7) is 2.84. The van der Waals surface area contributed by atoms with Crippen LogP contribution in [0.4, 0.5) is 9.59 Å². The van der Waals surface area contributed by atoms with Gasteiger partial charge in [-0.25, -0.2) is 9.59 Å². The molecule has 0 aliphatic heterocycles. The maximum Gasteiger partial charge on any atom is 0.402 e. The predicted octanol–water partition coefficient (Wildman–Crippen LogP) is 0.654. The molecule has 17 heavy (non-hydrogen) atoms. The fraction of sp³-hybridized carbons (Fsp3) is 0.556. The van der Waals surface area contributed by atoms with Gasteiger partial charge in [0.15, 0.2) is 0 Å². The maximum atomic E-state index is 8.78. The molecule has 0 saturated heterocycles. The molecule has 0 aromatic carbocycles. The second-order valence-corrected chi connectivity index (χ2v) is 4.72. The average molecular weight is 359 g/mol. The third-order valence-corrected chi connectivity index (χ3v) is 2.35. The number of terminal acetylenes is 1. The minimum Gasteiger partial charge on any atom is -0.465 e. The molecular formula is C9H18IN3O4. The lowest BCUT2D eigenvalue weighted by Gasteiger charge is -2.13. The Bertz CT molecular complexity index is 233. The quantitative estimate of drug-likeness (QED) is 0.285. The van der Waals surface area contributed by atoms with Crippen molar-refractivity contribution in [2.45, 2.75) is 17.3 Å². The van der Waals surface area contributed by atoms with Crippen molar-refractivity contribution >= 4 is 34.8 Å². The van der Waals surface area contributed by atoms with Gasteiger partial charge in [-0.05, 0) is 12.5 Å². The van der Waals surface area contributed by atoms with Crippen LogP contribution in [0.1, 0.15) is 13.3 Å². The Kier molecular flexibility index (Phi) is 18.4. The third-order valence-electron chi connectivity index (χ3n) is 1.33. The Morgan fingerprint density at radius 1 is 1.35 bits per heavy atom. The molecule has 7 nitrogen and oxygen atoms in total. The Morgan fingerprint density at radius 3 is 1.71 bits per heavy atom. The Morgan fingerprint density at radius 2 is 1.65 bits per heavy atom. The van der Waals surface area contributed by atoms with Crippen LogP contribution in [0.15, 0.2) is 0 Å². The highest BCUT2D eigenvalue weighted by molar-refractivity contribution is 14.1. The van der Waals surface area contributed by atoms with E-state index in [9.17, 15) is 0 Å². The summed E-state index contributed by atoms with van der Waals surface area (Å²) in [5, 5.41) is 14.4. The lowest BCUT2D eigenvalue weighted by atomic mass is 10.0. The SMILES string of the molecule is C#CCC(CN)C(C)I.NC(=O)O.NC(=O)O. The molecule has 0 bridgehead atoms. The number of carbonyl (C=O) groups is 2. The van der Waals surface area contributed by atoms with Crippen molar-refractivity contribution in [2.24, 2.45) is 23.1 Å². The number of hydrogen-bond acceptors (Lipinski definition) is 3. The largest absolute Gasteiger partial charge is 0.465 e. The molecule has 2 amide bonds. The molecule has 0 spiro atoms. The van der Waals surface area contributed by atoms with E-state index in [0.717, 1.165) is 6.42 Å². The minimum absolute atomic E-state index is 0.496. The van der Waals surface area contributed by atoms with E-state index in [1.165, 1.54) is 0 Å². The highest BCUT2D eigenvalue weighted by Gasteiger charge is 2.09. The zero-order valence-electron chi connectivity index (χ0n) is 9.47. The smallest absolute Gasteiger partial charge is 0.402 e. The van der Waals surface area contributed by atoms with Gasteiger partial charge in [0, 0.05) is 10.3 Å². The highest BCUT2D eigenvalue weighted by Crippen LogP contribution is 2.14. The van der Waals surface area contributed by atoms with Gasteiger partial charge in [0.2, 0.25) is 0 Å². The molecule has 0 aliphatic rings. The summed E-state index contributed by atoms with van der Waals surface area (Å²) in [7, 11) is 0. The van der Waals surface area contributed by atoms with Gasteiger partial charge in [-0.2, -0.15) is 0 Å². The molecule has 0 saturated carbocycles. The number of nitrogens with two attached hydrogens (primary N) is 3. The summed E-state index contributed by atoms with van der Waals surface area (Å²) in [5.74, 6) is 3.11. The summed E-state index contributed by atoms with van der Waals surface area (Å²) in [6, 6.07) is 0. The van der Waals surface area contributed by atoms with Gasteiger partial charge in [0.1, 0.15) is 0 Å². The molecule has 2 unspecified atom stereocenters. The lowest BCUT2D eigenvalue weighted by Crippen LogP contribution is -2.20. The van der Waals surface area contributed by atoms with Gasteiger partial charge in [-0.15, -0.1) is 12.3 Å². The third kappa shape index (κ3) is 39.9. The molecule has 0 heterocycles. The first kappa shape index (κ1) is 21.1. The van der Waals surface area contributed by atoms with Crippen molar-refractivity contribution in [1.29, 1.82) is 0 Å². The predicted molar refractivity (Wildman–Crippen MR) is 73.9 cm³/mol. The summed E-state index contributed by atoms with van der Waals surface area (Å²) in [5.41, 5.74) is 13.5. The summed E-state index contributed by atoms with van der Waals surface area (Å²) in [4.78, 5) is 17.6. The van der Waals surface area contributed by atoms with Crippen molar-refractivity contribution in [2.75, 3.05) is 6.54 Å². The van der Waals surface area contributed by atoms with Crippen LogP contribution < -0.4 is 17.2 Å². The van der Waals surface area contributed by atoms with E-state index in [-0.39, 0.29) is 0 Å². The van der Waals surface area contributed by atoms with Gasteiger partial charge in [0.05, 0.1) is 0 Å². The van der Waals surface area contributed by atoms with E-state index in [0.29, 0.717) is 16.4 Å². The van der Waals surface area contributed by atoms with Gasteiger partial charge in [0.25, 0.3) is 0 Å². The van der Waals surface area contributed by atoms with Crippen molar-refractivity contribution < 1.29 is 19.8 Å². The van der Waals surface area contributed by atoms with Crippen LogP contribution in [-0.2, 0) is 0 Å². The Labute approximate surface area is 114 Å². The molecule has 8 N–H and O–H groups in total. The normalized spacial score (nSPS) is 11.4. The molecule has 0 aliphatic carbocycles. The average Bonchev–Trinajstić information content (AvgIpc) is 2.11. The first-order valence-corrected chi connectivity index (χ1v) is 5.67. The fourth-order valence-electron chi connectivity index (χ4n) is 0.585. The van der Waals surface area contributed by atoms with Crippen LogP contribution >= 0.6 is 22.6 Å². The number of hydrogen-bond donors (Lipinski definition) is 5. The number of amides is 2. The molecule has 0 fully saturated rings. The molecule has 0 aromatic heterocycles. The van der Waals surface area contributed by atoms with Crippen molar-refractivity contribution in [1.82, 2.24) is 0 Å². The van der Waals surface area contributed by atoms with E-state index in [1.54, 1.807) is 0 Å². The lowest BCUT2D eigenvalue weighted by molar-refractivity contribution is 0.204. The number of carboxylic acid groups (broad SMARTS) is 2. The zero-order valence-corrected chi connectivity index (χ0v) is 11.6. The first-order valence-electron chi connectivity index (χ1n) is 4.43. The molecule has 100 valence electrons. The van der Waals surface area contributed by atoms with Gasteiger partial charge in [-0.1, -0.05) is 29.5 Å². The second kappa shape index (κ2) is 14.8. The van der Waals surface area contributed by atoms with Crippen LogP contribution in [0.5, 0.6) is 0 Å². The molecule has 0 rings (SSSR count). The number of rotatable bonds is 3. The van der Waals surface area contributed by atoms with E-state index in [1.807, 2.05) is 0 Å². The van der Waals surface area contributed by atoms with E-state index in [2.05, 4.69) is 46.9 Å².